The number of aromatic nitrogens is 3. The number of fused-ring (bicyclic) bond motifs is 1. The van der Waals surface area contributed by atoms with E-state index < -0.39 is 0 Å². The van der Waals surface area contributed by atoms with Gasteiger partial charge in [0.25, 0.3) is 0 Å². The highest BCUT2D eigenvalue weighted by molar-refractivity contribution is 5.90. The van der Waals surface area contributed by atoms with Crippen molar-refractivity contribution >= 4 is 11.0 Å². The van der Waals surface area contributed by atoms with Crippen molar-refractivity contribution in [2.24, 2.45) is 7.05 Å². The van der Waals surface area contributed by atoms with Crippen LogP contribution in [0.2, 0.25) is 0 Å². The molecule has 1 fully saturated rings. The number of H-pyrrole nitrogens is 1. The van der Waals surface area contributed by atoms with Crippen LogP contribution in [0.1, 0.15) is 30.1 Å². The summed E-state index contributed by atoms with van der Waals surface area (Å²) >= 11 is 0. The highest BCUT2D eigenvalue weighted by atomic mass is 16.5. The summed E-state index contributed by atoms with van der Waals surface area (Å²) in [6.45, 7) is 1.98. The Kier molecular flexibility index (Phi) is 5.30. The second-order valence-electron chi connectivity index (χ2n) is 7.99. The molecule has 6 heteroatoms. The highest BCUT2D eigenvalue weighted by Crippen LogP contribution is 2.38. The van der Waals surface area contributed by atoms with Crippen LogP contribution in [0.25, 0.3) is 22.2 Å². The lowest BCUT2D eigenvalue weighted by atomic mass is 10.00. The average molecular weight is 415 g/mol. The van der Waals surface area contributed by atoms with Crippen molar-refractivity contribution in [1.29, 1.82) is 0 Å². The summed E-state index contributed by atoms with van der Waals surface area (Å²) in [6, 6.07) is 17.6. The molecule has 2 aromatic heterocycles. The predicted octanol–water partition coefficient (Wildman–Crippen LogP) is 4.40. The number of hydrogen-bond acceptors (Lipinski definition) is 4. The third kappa shape index (κ3) is 3.99. The lowest BCUT2D eigenvalue weighted by Gasteiger charge is -2.19. The standard InChI is InChI=1S/C25H25N3O3/c1-28-15-19(7-10-22(28)29)20-8-9-21-23(24(20)31-16-17-5-3-2-4-6-17)27-25(26-21)18-11-13-30-14-12-18/h2-10,15,18H,11-14,16H2,1H3,(H,26,27). The molecule has 1 aliphatic heterocycles. The van der Waals surface area contributed by atoms with Crippen LogP contribution in [0, 0.1) is 0 Å². The summed E-state index contributed by atoms with van der Waals surface area (Å²) in [6.07, 6.45) is 3.77. The fraction of sp³-hybridized carbons (Fsp3) is 0.280. The quantitative estimate of drug-likeness (QED) is 0.525. The molecule has 1 N–H and O–H groups in total. The molecule has 158 valence electrons. The van der Waals surface area contributed by atoms with Gasteiger partial charge in [-0.05, 0) is 36.6 Å². The number of aryl methyl sites for hydroxylation is 1. The topological polar surface area (TPSA) is 69.1 Å². The van der Waals surface area contributed by atoms with E-state index in [0.717, 1.165) is 65.4 Å². The Morgan fingerprint density at radius 1 is 1.10 bits per heavy atom. The first kappa shape index (κ1) is 19.6. The van der Waals surface area contributed by atoms with Crippen molar-refractivity contribution in [1.82, 2.24) is 14.5 Å². The zero-order valence-electron chi connectivity index (χ0n) is 17.5. The number of rotatable bonds is 5. The summed E-state index contributed by atoms with van der Waals surface area (Å²) in [4.78, 5) is 20.4. The molecule has 2 aromatic carbocycles. The summed E-state index contributed by atoms with van der Waals surface area (Å²) in [5.74, 6) is 2.08. The lowest BCUT2D eigenvalue weighted by molar-refractivity contribution is 0.0838. The predicted molar refractivity (Wildman–Crippen MR) is 120 cm³/mol. The Bertz CT molecular complexity index is 1250. The first-order chi connectivity index (χ1) is 15.2. The number of pyridine rings is 1. The molecule has 31 heavy (non-hydrogen) atoms. The molecular weight excluding hydrogens is 390 g/mol. The van der Waals surface area contributed by atoms with E-state index in [9.17, 15) is 4.79 Å². The number of nitrogens with zero attached hydrogens (tertiary/aromatic N) is 2. The van der Waals surface area contributed by atoms with E-state index in [1.807, 2.05) is 54.7 Å². The largest absolute Gasteiger partial charge is 0.486 e. The van der Waals surface area contributed by atoms with E-state index >= 15 is 0 Å². The van der Waals surface area contributed by atoms with Gasteiger partial charge in [0.2, 0.25) is 5.56 Å². The van der Waals surface area contributed by atoms with Gasteiger partial charge in [-0.25, -0.2) is 4.98 Å². The molecule has 0 unspecified atom stereocenters. The Balaban J connectivity index is 1.60. The molecule has 0 aliphatic carbocycles. The maximum atomic E-state index is 11.9. The molecule has 1 aliphatic rings. The van der Waals surface area contributed by atoms with Crippen LogP contribution in [0.15, 0.2) is 65.6 Å². The van der Waals surface area contributed by atoms with Gasteiger partial charge < -0.3 is 19.0 Å². The summed E-state index contributed by atoms with van der Waals surface area (Å²) in [5, 5.41) is 0. The summed E-state index contributed by atoms with van der Waals surface area (Å²) < 4.78 is 13.5. The van der Waals surface area contributed by atoms with Crippen molar-refractivity contribution in [3.05, 3.63) is 82.5 Å². The van der Waals surface area contributed by atoms with Crippen LogP contribution >= 0.6 is 0 Å². The van der Waals surface area contributed by atoms with Gasteiger partial charge in [0.05, 0.1) is 5.52 Å². The van der Waals surface area contributed by atoms with Gasteiger partial charge >= 0.3 is 0 Å². The molecule has 5 rings (SSSR count). The van der Waals surface area contributed by atoms with E-state index in [4.69, 9.17) is 14.5 Å². The minimum Gasteiger partial charge on any atom is -0.486 e. The Hall–Kier alpha value is -3.38. The van der Waals surface area contributed by atoms with Crippen LogP contribution in [-0.4, -0.2) is 27.7 Å². The fourth-order valence-corrected chi connectivity index (χ4v) is 4.09. The van der Waals surface area contributed by atoms with Gasteiger partial charge in [-0.3, -0.25) is 4.79 Å². The summed E-state index contributed by atoms with van der Waals surface area (Å²) in [7, 11) is 1.76. The number of hydrogen-bond donors (Lipinski definition) is 1. The van der Waals surface area contributed by atoms with Gasteiger partial charge in [-0.15, -0.1) is 0 Å². The second-order valence-corrected chi connectivity index (χ2v) is 7.99. The smallest absolute Gasteiger partial charge is 0.250 e. The molecule has 0 bridgehead atoms. The number of imidazole rings is 1. The maximum absolute atomic E-state index is 11.9. The van der Waals surface area contributed by atoms with E-state index in [1.165, 1.54) is 0 Å². The normalized spacial score (nSPS) is 14.7. The van der Waals surface area contributed by atoms with Gasteiger partial charge in [-0.2, -0.15) is 0 Å². The van der Waals surface area contributed by atoms with Crippen molar-refractivity contribution in [3.8, 4) is 16.9 Å². The van der Waals surface area contributed by atoms with Crippen molar-refractivity contribution < 1.29 is 9.47 Å². The fourth-order valence-electron chi connectivity index (χ4n) is 4.09. The van der Waals surface area contributed by atoms with Crippen LogP contribution in [0.3, 0.4) is 0 Å². The minimum atomic E-state index is -0.0434. The zero-order valence-corrected chi connectivity index (χ0v) is 17.5. The summed E-state index contributed by atoms with van der Waals surface area (Å²) in [5.41, 5.74) is 4.66. The van der Waals surface area contributed by atoms with Crippen molar-refractivity contribution in [3.63, 3.8) is 0 Å². The van der Waals surface area contributed by atoms with Crippen LogP contribution in [0.5, 0.6) is 5.75 Å². The zero-order chi connectivity index (χ0) is 21.2. The number of nitrogens with one attached hydrogen (secondary N) is 1. The van der Waals surface area contributed by atoms with Gasteiger partial charge in [0, 0.05) is 49.6 Å². The van der Waals surface area contributed by atoms with Crippen molar-refractivity contribution in [2.45, 2.75) is 25.4 Å². The second kappa shape index (κ2) is 8.40. The Morgan fingerprint density at radius 3 is 2.68 bits per heavy atom. The molecule has 0 radical (unpaired) electrons. The molecular formula is C25H25N3O3. The third-order valence-electron chi connectivity index (χ3n) is 5.86. The molecule has 6 nitrogen and oxygen atoms in total. The third-order valence-corrected chi connectivity index (χ3v) is 5.86. The van der Waals surface area contributed by atoms with Crippen molar-refractivity contribution in [2.75, 3.05) is 13.2 Å². The van der Waals surface area contributed by atoms with E-state index in [2.05, 4.69) is 4.98 Å². The SMILES string of the molecule is Cn1cc(-c2ccc3[nH]c(C4CCOCC4)nc3c2OCc2ccccc2)ccc1=O. The maximum Gasteiger partial charge on any atom is 0.250 e. The van der Waals surface area contributed by atoms with Crippen LogP contribution < -0.4 is 10.3 Å². The van der Waals surface area contributed by atoms with Gasteiger partial charge in [-0.1, -0.05) is 30.3 Å². The molecule has 0 amide bonds. The average Bonchev–Trinajstić information content (AvgIpc) is 3.25. The number of aromatic amines is 1. The Morgan fingerprint density at radius 2 is 1.90 bits per heavy atom. The molecule has 0 atom stereocenters. The molecule has 4 aromatic rings. The Labute approximate surface area is 180 Å². The van der Waals surface area contributed by atoms with E-state index in [1.54, 1.807) is 17.7 Å². The van der Waals surface area contributed by atoms with Crippen LogP contribution in [-0.2, 0) is 18.4 Å². The highest BCUT2D eigenvalue weighted by Gasteiger charge is 2.22. The molecule has 3 heterocycles. The number of ether oxygens (including phenoxy) is 2. The monoisotopic (exact) mass is 415 g/mol. The first-order valence-electron chi connectivity index (χ1n) is 10.6. The lowest BCUT2D eigenvalue weighted by Crippen LogP contribution is -2.15. The van der Waals surface area contributed by atoms with E-state index in [-0.39, 0.29) is 5.56 Å². The van der Waals surface area contributed by atoms with E-state index in [0.29, 0.717) is 12.5 Å². The van der Waals surface area contributed by atoms with Gasteiger partial charge in [0.15, 0.2) is 5.75 Å². The molecule has 0 saturated carbocycles. The minimum absolute atomic E-state index is 0.0434. The van der Waals surface area contributed by atoms with Gasteiger partial charge in [0.1, 0.15) is 17.9 Å². The molecule has 1 saturated heterocycles. The number of benzene rings is 2. The first-order valence-corrected chi connectivity index (χ1v) is 10.6. The molecule has 0 spiro atoms. The van der Waals surface area contributed by atoms with Crippen LogP contribution in [0.4, 0.5) is 0 Å².